The van der Waals surface area contributed by atoms with Crippen molar-refractivity contribution in [1.82, 2.24) is 5.06 Å². The first kappa shape index (κ1) is 15.8. The zero-order valence-corrected chi connectivity index (χ0v) is 11.7. The number of amides is 1. The van der Waals surface area contributed by atoms with Crippen LogP contribution in [0.25, 0.3) is 0 Å². The number of fused-ring (bicyclic) bond motifs is 1. The van der Waals surface area contributed by atoms with E-state index in [1.165, 1.54) is 24.3 Å². The van der Waals surface area contributed by atoms with E-state index in [0.717, 1.165) is 7.11 Å². The van der Waals surface area contributed by atoms with E-state index in [1.807, 2.05) is 6.92 Å². The number of carbonyl (C=O) groups is 1. The molecule has 0 spiro atoms. The number of halogens is 3. The van der Waals surface area contributed by atoms with Gasteiger partial charge >= 0.3 is 6.18 Å². The van der Waals surface area contributed by atoms with Crippen molar-refractivity contribution in [1.29, 1.82) is 0 Å². The maximum Gasteiger partial charge on any atom is 0.443 e. The van der Waals surface area contributed by atoms with Crippen LogP contribution in [0.5, 0.6) is 0 Å². The third kappa shape index (κ3) is 2.30. The number of carbonyl (C=O) groups excluding carboxylic acids is 1. The lowest BCUT2D eigenvalue weighted by Crippen LogP contribution is -2.55. The Balaban J connectivity index is 2.57. The van der Waals surface area contributed by atoms with Crippen LogP contribution < -0.4 is 0 Å². The van der Waals surface area contributed by atoms with Crippen molar-refractivity contribution < 1.29 is 27.5 Å². The molecule has 1 aliphatic heterocycles. The monoisotopic (exact) mass is 303 g/mol. The fraction of sp³-hybridized carbons (Fsp3) is 0.500. The SMILES string of the molecule is CCCCOC1(C(F)(F)F)c2ccccc2C(=O)N1OC. The average molecular weight is 303 g/mol. The zero-order chi connectivity index (χ0) is 15.7. The van der Waals surface area contributed by atoms with Crippen molar-refractivity contribution >= 4 is 5.91 Å². The molecule has 0 fully saturated rings. The summed E-state index contributed by atoms with van der Waals surface area (Å²) in [6.07, 6.45) is -3.69. The van der Waals surface area contributed by atoms with Gasteiger partial charge in [-0.25, -0.2) is 0 Å². The Hall–Kier alpha value is -1.60. The van der Waals surface area contributed by atoms with Gasteiger partial charge in [-0.3, -0.25) is 9.63 Å². The number of benzene rings is 1. The van der Waals surface area contributed by atoms with Crippen LogP contribution in [-0.2, 0) is 15.3 Å². The molecule has 1 amide bonds. The van der Waals surface area contributed by atoms with Gasteiger partial charge in [-0.2, -0.15) is 18.2 Å². The predicted octanol–water partition coefficient (Wildman–Crippen LogP) is 3.24. The van der Waals surface area contributed by atoms with E-state index in [2.05, 4.69) is 0 Å². The second kappa shape index (κ2) is 5.65. The molecular weight excluding hydrogens is 287 g/mol. The van der Waals surface area contributed by atoms with E-state index in [1.54, 1.807) is 0 Å². The van der Waals surface area contributed by atoms with Crippen LogP contribution in [0.2, 0.25) is 0 Å². The van der Waals surface area contributed by atoms with Gasteiger partial charge < -0.3 is 4.74 Å². The van der Waals surface area contributed by atoms with E-state index >= 15 is 0 Å². The Morgan fingerprint density at radius 1 is 1.29 bits per heavy atom. The van der Waals surface area contributed by atoms with Crippen molar-refractivity contribution in [2.24, 2.45) is 0 Å². The number of hydrogen-bond donors (Lipinski definition) is 0. The molecule has 1 unspecified atom stereocenters. The minimum absolute atomic E-state index is 0.0619. The summed E-state index contributed by atoms with van der Waals surface area (Å²) < 4.78 is 46.4. The van der Waals surface area contributed by atoms with Gasteiger partial charge in [-0.15, -0.1) is 0 Å². The van der Waals surface area contributed by atoms with Crippen LogP contribution in [-0.4, -0.2) is 30.9 Å². The Morgan fingerprint density at radius 3 is 2.52 bits per heavy atom. The molecule has 1 aromatic rings. The molecule has 1 aromatic carbocycles. The molecule has 1 heterocycles. The Morgan fingerprint density at radius 2 is 1.95 bits per heavy atom. The molecule has 0 radical (unpaired) electrons. The lowest BCUT2D eigenvalue weighted by Gasteiger charge is -2.37. The fourth-order valence-corrected chi connectivity index (χ4v) is 2.39. The molecule has 4 nitrogen and oxygen atoms in total. The van der Waals surface area contributed by atoms with Crippen molar-refractivity contribution in [2.75, 3.05) is 13.7 Å². The number of ether oxygens (including phenoxy) is 1. The van der Waals surface area contributed by atoms with Gasteiger partial charge in [-0.1, -0.05) is 31.5 Å². The number of unbranched alkanes of at least 4 members (excludes halogenated alkanes) is 1. The highest BCUT2D eigenvalue weighted by atomic mass is 19.4. The van der Waals surface area contributed by atoms with Crippen LogP contribution in [0.3, 0.4) is 0 Å². The van der Waals surface area contributed by atoms with E-state index in [9.17, 15) is 18.0 Å². The molecule has 0 aromatic heterocycles. The third-order valence-corrected chi connectivity index (χ3v) is 3.37. The molecule has 0 N–H and O–H groups in total. The molecule has 0 bridgehead atoms. The Labute approximate surface area is 120 Å². The number of alkyl halides is 3. The van der Waals surface area contributed by atoms with Crippen molar-refractivity contribution in [3.05, 3.63) is 35.4 Å². The van der Waals surface area contributed by atoms with E-state index in [4.69, 9.17) is 9.57 Å². The minimum atomic E-state index is -4.82. The zero-order valence-electron chi connectivity index (χ0n) is 11.7. The van der Waals surface area contributed by atoms with E-state index in [0.29, 0.717) is 12.8 Å². The Bertz CT molecular complexity index is 532. The van der Waals surface area contributed by atoms with Crippen LogP contribution in [0.15, 0.2) is 24.3 Å². The van der Waals surface area contributed by atoms with Gasteiger partial charge in [0, 0.05) is 5.56 Å². The summed E-state index contributed by atoms with van der Waals surface area (Å²) in [4.78, 5) is 16.9. The standard InChI is InChI=1S/C14H16F3NO3/c1-3-4-9-21-13(14(15,16)17)11-8-6-5-7-10(11)12(19)18(13)20-2/h5-8H,3-4,9H2,1-2H3. The molecule has 0 saturated heterocycles. The molecule has 1 atom stereocenters. The highest BCUT2D eigenvalue weighted by Gasteiger charge is 2.68. The molecule has 21 heavy (non-hydrogen) atoms. The molecule has 0 saturated carbocycles. The first-order chi connectivity index (χ1) is 9.90. The van der Waals surface area contributed by atoms with Crippen LogP contribution >= 0.6 is 0 Å². The first-order valence-electron chi connectivity index (χ1n) is 6.59. The smallest absolute Gasteiger partial charge is 0.342 e. The molecule has 7 heteroatoms. The number of rotatable bonds is 5. The molecular formula is C14H16F3NO3. The maximum absolute atomic E-state index is 13.7. The second-order valence-electron chi connectivity index (χ2n) is 4.67. The van der Waals surface area contributed by atoms with Crippen molar-refractivity contribution in [2.45, 2.75) is 31.7 Å². The predicted molar refractivity (Wildman–Crippen MR) is 68.2 cm³/mol. The van der Waals surface area contributed by atoms with Crippen LogP contribution in [0, 0.1) is 0 Å². The number of hydrogen-bond acceptors (Lipinski definition) is 3. The maximum atomic E-state index is 13.7. The largest absolute Gasteiger partial charge is 0.443 e. The molecule has 1 aliphatic rings. The fourth-order valence-electron chi connectivity index (χ4n) is 2.39. The van der Waals surface area contributed by atoms with Gasteiger partial charge in [0.15, 0.2) is 0 Å². The van der Waals surface area contributed by atoms with Gasteiger partial charge in [0.25, 0.3) is 11.6 Å². The normalized spacial score (nSPS) is 21.8. The summed E-state index contributed by atoms with van der Waals surface area (Å²) in [7, 11) is 1.02. The van der Waals surface area contributed by atoms with Gasteiger partial charge in [0.05, 0.1) is 19.3 Å². The third-order valence-electron chi connectivity index (χ3n) is 3.37. The van der Waals surface area contributed by atoms with Crippen molar-refractivity contribution in [3.8, 4) is 0 Å². The summed E-state index contributed by atoms with van der Waals surface area (Å²) >= 11 is 0. The highest BCUT2D eigenvalue weighted by molar-refractivity contribution is 5.99. The Kier molecular flexibility index (Phi) is 4.25. The topological polar surface area (TPSA) is 38.8 Å². The quantitative estimate of drug-likeness (QED) is 0.784. The lowest BCUT2D eigenvalue weighted by atomic mass is 10.0. The lowest BCUT2D eigenvalue weighted by molar-refractivity contribution is -0.383. The molecule has 0 aliphatic carbocycles. The molecule has 2 rings (SSSR count). The summed E-state index contributed by atoms with van der Waals surface area (Å²) in [5, 5.41) is 0.271. The number of nitrogens with zero attached hydrogens (tertiary/aromatic N) is 1. The summed E-state index contributed by atoms with van der Waals surface area (Å²) in [6, 6.07) is 5.52. The minimum Gasteiger partial charge on any atom is -0.342 e. The second-order valence-corrected chi connectivity index (χ2v) is 4.67. The summed E-state index contributed by atoms with van der Waals surface area (Å²) in [6.45, 7) is 1.71. The highest BCUT2D eigenvalue weighted by Crippen LogP contribution is 2.50. The molecule has 116 valence electrons. The van der Waals surface area contributed by atoms with Crippen molar-refractivity contribution in [3.63, 3.8) is 0 Å². The number of hydroxylamine groups is 2. The van der Waals surface area contributed by atoms with Gasteiger partial charge in [0.1, 0.15) is 0 Å². The van der Waals surface area contributed by atoms with Gasteiger partial charge in [0.2, 0.25) is 0 Å². The van der Waals surface area contributed by atoms with E-state index in [-0.39, 0.29) is 22.8 Å². The average Bonchev–Trinajstić information content (AvgIpc) is 2.69. The summed E-state index contributed by atoms with van der Waals surface area (Å²) in [5.74, 6) is -0.859. The van der Waals surface area contributed by atoms with Gasteiger partial charge in [-0.05, 0) is 12.5 Å². The summed E-state index contributed by atoms with van der Waals surface area (Å²) in [5.41, 5.74) is -3.18. The first-order valence-corrected chi connectivity index (χ1v) is 6.59. The van der Waals surface area contributed by atoms with Crippen LogP contribution in [0.4, 0.5) is 13.2 Å². The van der Waals surface area contributed by atoms with Crippen LogP contribution in [0.1, 0.15) is 35.7 Å². The van der Waals surface area contributed by atoms with E-state index < -0.39 is 17.8 Å².